The Kier molecular flexibility index (Phi) is 3.93. The fourth-order valence-electron chi connectivity index (χ4n) is 3.52. The highest BCUT2D eigenvalue weighted by Crippen LogP contribution is 2.32. The van der Waals surface area contributed by atoms with E-state index >= 15 is 0 Å². The van der Waals surface area contributed by atoms with E-state index < -0.39 is 11.6 Å². The van der Waals surface area contributed by atoms with Crippen LogP contribution >= 0.6 is 0 Å². The summed E-state index contributed by atoms with van der Waals surface area (Å²) in [4.78, 5) is 2.11. The predicted octanol–water partition coefficient (Wildman–Crippen LogP) is 1.91. The molecule has 2 aliphatic rings. The Morgan fingerprint density at radius 2 is 2.25 bits per heavy atom. The van der Waals surface area contributed by atoms with Crippen LogP contribution in [0.2, 0.25) is 0 Å². The van der Waals surface area contributed by atoms with Gasteiger partial charge in [0.2, 0.25) is 0 Å². The summed E-state index contributed by atoms with van der Waals surface area (Å²) in [6.45, 7) is 2.33. The van der Waals surface area contributed by atoms with Crippen molar-refractivity contribution < 1.29 is 18.3 Å². The molecule has 2 aliphatic heterocycles. The Labute approximate surface area is 138 Å². The molecule has 24 heavy (non-hydrogen) atoms. The van der Waals surface area contributed by atoms with Crippen molar-refractivity contribution in [1.29, 1.82) is 0 Å². The van der Waals surface area contributed by atoms with Crippen LogP contribution in [0.4, 0.5) is 8.78 Å². The Hall–Kier alpha value is -2.06. The van der Waals surface area contributed by atoms with Crippen LogP contribution in [0.5, 0.6) is 5.75 Å². The van der Waals surface area contributed by atoms with E-state index in [1.807, 2.05) is 4.68 Å². The molecule has 128 valence electrons. The van der Waals surface area contributed by atoms with Crippen LogP contribution in [0.25, 0.3) is 0 Å². The second-order valence-electron chi connectivity index (χ2n) is 6.16. The van der Waals surface area contributed by atoms with Gasteiger partial charge in [0.1, 0.15) is 0 Å². The first-order valence-corrected chi connectivity index (χ1v) is 7.91. The van der Waals surface area contributed by atoms with Crippen molar-refractivity contribution in [2.24, 2.45) is 0 Å². The standard InChI is InChI=1S/C16H18F2N4O2/c1-23-16-12(17)3-2-10(15(16)18)7-21-5-4-13-14(8-21)24-9-11-6-19-20-22(11)13/h2-3,6,13-14H,4-5,7-9H2,1H3/t13-,14-/m1/s1. The summed E-state index contributed by atoms with van der Waals surface area (Å²) in [7, 11) is 1.27. The number of hydrogen-bond donors (Lipinski definition) is 0. The SMILES string of the molecule is COc1c(F)ccc(CN2CC[C@@H]3[C@@H](C2)OCc2cnnn23)c1F. The minimum atomic E-state index is -0.688. The molecule has 0 bridgehead atoms. The van der Waals surface area contributed by atoms with E-state index in [1.54, 1.807) is 6.20 Å². The van der Waals surface area contributed by atoms with Crippen molar-refractivity contribution in [3.63, 3.8) is 0 Å². The van der Waals surface area contributed by atoms with Crippen molar-refractivity contribution in [1.82, 2.24) is 19.9 Å². The van der Waals surface area contributed by atoms with E-state index in [4.69, 9.17) is 9.47 Å². The second-order valence-corrected chi connectivity index (χ2v) is 6.16. The fraction of sp³-hybridized carbons (Fsp3) is 0.500. The maximum absolute atomic E-state index is 14.3. The minimum Gasteiger partial charge on any atom is -0.491 e. The normalized spacial score (nSPS) is 23.6. The zero-order valence-electron chi connectivity index (χ0n) is 13.3. The maximum atomic E-state index is 14.3. The molecule has 0 N–H and O–H groups in total. The molecular weight excluding hydrogens is 318 g/mol. The largest absolute Gasteiger partial charge is 0.491 e. The number of likely N-dealkylation sites (tertiary alicyclic amines) is 1. The van der Waals surface area contributed by atoms with Gasteiger partial charge in [-0.15, -0.1) is 5.10 Å². The van der Waals surface area contributed by atoms with E-state index in [1.165, 1.54) is 19.2 Å². The third-order valence-corrected chi connectivity index (χ3v) is 4.74. The lowest BCUT2D eigenvalue weighted by molar-refractivity contribution is -0.0705. The lowest BCUT2D eigenvalue weighted by atomic mass is 9.99. The first-order valence-electron chi connectivity index (χ1n) is 7.91. The van der Waals surface area contributed by atoms with Crippen LogP contribution in [-0.4, -0.2) is 46.2 Å². The molecule has 6 nitrogen and oxygen atoms in total. The van der Waals surface area contributed by atoms with Crippen LogP contribution in [0.3, 0.4) is 0 Å². The molecule has 1 aromatic heterocycles. The Balaban J connectivity index is 1.49. The van der Waals surface area contributed by atoms with E-state index in [0.29, 0.717) is 25.3 Å². The molecule has 0 spiro atoms. The highest BCUT2D eigenvalue weighted by Gasteiger charge is 2.36. The summed E-state index contributed by atoms with van der Waals surface area (Å²) in [5, 5.41) is 8.09. The van der Waals surface area contributed by atoms with Crippen molar-refractivity contribution in [2.45, 2.75) is 31.7 Å². The predicted molar refractivity (Wildman–Crippen MR) is 80.4 cm³/mol. The van der Waals surface area contributed by atoms with Crippen LogP contribution < -0.4 is 4.74 Å². The van der Waals surface area contributed by atoms with Crippen LogP contribution in [0, 0.1) is 11.6 Å². The molecule has 4 rings (SSSR count). The van der Waals surface area contributed by atoms with Gasteiger partial charge in [-0.3, -0.25) is 4.90 Å². The molecular formula is C16H18F2N4O2. The van der Waals surface area contributed by atoms with Gasteiger partial charge >= 0.3 is 0 Å². The molecule has 0 amide bonds. The first-order chi connectivity index (χ1) is 11.7. The highest BCUT2D eigenvalue weighted by molar-refractivity contribution is 5.32. The zero-order chi connectivity index (χ0) is 16.7. The molecule has 2 atom stereocenters. The average Bonchev–Trinajstić information content (AvgIpc) is 3.07. The second kappa shape index (κ2) is 6.10. The zero-order valence-corrected chi connectivity index (χ0v) is 13.3. The topological polar surface area (TPSA) is 52.4 Å². The number of halogens is 2. The Morgan fingerprint density at radius 3 is 3.08 bits per heavy atom. The molecule has 2 aromatic rings. The van der Waals surface area contributed by atoms with Crippen molar-refractivity contribution in [3.8, 4) is 5.75 Å². The number of piperidine rings is 1. The number of ether oxygens (including phenoxy) is 2. The molecule has 3 heterocycles. The van der Waals surface area contributed by atoms with Crippen LogP contribution in [0.1, 0.15) is 23.7 Å². The van der Waals surface area contributed by atoms with Crippen molar-refractivity contribution in [2.75, 3.05) is 20.2 Å². The number of nitrogens with zero attached hydrogens (tertiary/aromatic N) is 4. The van der Waals surface area contributed by atoms with Crippen molar-refractivity contribution >= 4 is 0 Å². The van der Waals surface area contributed by atoms with E-state index in [0.717, 1.165) is 18.7 Å². The number of hydrogen-bond acceptors (Lipinski definition) is 5. The quantitative estimate of drug-likeness (QED) is 0.857. The van der Waals surface area contributed by atoms with Gasteiger partial charge in [0.05, 0.1) is 37.8 Å². The van der Waals surface area contributed by atoms with E-state index in [-0.39, 0.29) is 17.9 Å². The first kappa shape index (κ1) is 15.5. The summed E-state index contributed by atoms with van der Waals surface area (Å²) in [6.07, 6.45) is 2.57. The summed E-state index contributed by atoms with van der Waals surface area (Å²) in [5.74, 6) is -1.65. The highest BCUT2D eigenvalue weighted by atomic mass is 19.1. The summed E-state index contributed by atoms with van der Waals surface area (Å²) in [6, 6.07) is 2.87. The van der Waals surface area contributed by atoms with Gasteiger partial charge in [-0.1, -0.05) is 11.3 Å². The van der Waals surface area contributed by atoms with Crippen LogP contribution in [-0.2, 0) is 17.9 Å². The molecule has 0 unspecified atom stereocenters. The minimum absolute atomic E-state index is 0.00152. The molecule has 1 fully saturated rings. The van der Waals surface area contributed by atoms with Crippen LogP contribution in [0.15, 0.2) is 18.3 Å². The molecule has 8 heteroatoms. The van der Waals surface area contributed by atoms with Crippen molar-refractivity contribution in [3.05, 3.63) is 41.2 Å². The monoisotopic (exact) mass is 336 g/mol. The summed E-state index contributed by atoms with van der Waals surface area (Å²) in [5.41, 5.74) is 1.41. The number of fused-ring (bicyclic) bond motifs is 3. The van der Waals surface area contributed by atoms with Gasteiger partial charge < -0.3 is 9.47 Å². The van der Waals surface area contributed by atoms with Gasteiger partial charge in [0.15, 0.2) is 17.4 Å². The van der Waals surface area contributed by atoms with Gasteiger partial charge in [-0.05, 0) is 12.5 Å². The Bertz CT molecular complexity index is 752. The third kappa shape index (κ3) is 2.55. The fourth-order valence-corrected chi connectivity index (χ4v) is 3.52. The molecule has 0 aliphatic carbocycles. The molecule has 1 aromatic carbocycles. The molecule has 0 saturated carbocycles. The van der Waals surface area contributed by atoms with E-state index in [9.17, 15) is 8.78 Å². The number of aromatic nitrogens is 3. The van der Waals surface area contributed by atoms with Gasteiger partial charge in [-0.25, -0.2) is 13.5 Å². The summed E-state index contributed by atoms with van der Waals surface area (Å²) < 4.78 is 40.5. The number of rotatable bonds is 3. The van der Waals surface area contributed by atoms with E-state index in [2.05, 4.69) is 15.2 Å². The third-order valence-electron chi connectivity index (χ3n) is 4.74. The smallest absolute Gasteiger partial charge is 0.190 e. The molecule has 0 radical (unpaired) electrons. The number of methoxy groups -OCH3 is 1. The Morgan fingerprint density at radius 1 is 1.38 bits per heavy atom. The lowest BCUT2D eigenvalue weighted by Crippen LogP contribution is -2.48. The van der Waals surface area contributed by atoms with Gasteiger partial charge in [0, 0.05) is 25.2 Å². The van der Waals surface area contributed by atoms with Gasteiger partial charge in [-0.2, -0.15) is 0 Å². The number of benzene rings is 1. The lowest BCUT2D eigenvalue weighted by Gasteiger charge is -2.41. The maximum Gasteiger partial charge on any atom is 0.190 e. The van der Waals surface area contributed by atoms with Gasteiger partial charge in [0.25, 0.3) is 0 Å². The average molecular weight is 336 g/mol. The summed E-state index contributed by atoms with van der Waals surface area (Å²) >= 11 is 0. The molecule has 1 saturated heterocycles.